The Kier molecular flexibility index (Phi) is 45.3. The second-order valence-electron chi connectivity index (χ2n) is 39.2. The molecule has 2 saturated carbocycles. The lowest BCUT2D eigenvalue weighted by atomic mass is 9.81. The maximum Gasteiger partial charge on any atom is 0.200 e. The summed E-state index contributed by atoms with van der Waals surface area (Å²) in [4.78, 5) is 29.7. The molecule has 38 atom stereocenters. The summed E-state index contributed by atoms with van der Waals surface area (Å²) in [7, 11) is -4.98. The zero-order valence-electron chi connectivity index (χ0n) is 83.8. The third-order valence-corrected chi connectivity index (χ3v) is 41.2. The number of azide groups is 10. The van der Waals surface area contributed by atoms with E-state index >= 15 is 0 Å². The molecule has 6 saturated heterocycles. The van der Waals surface area contributed by atoms with Gasteiger partial charge >= 0.3 is 0 Å². The van der Waals surface area contributed by atoms with Crippen molar-refractivity contribution in [1.82, 2.24) is 0 Å². The molecule has 3 aromatic carbocycles. The van der Waals surface area contributed by atoms with Crippen LogP contribution in [0.5, 0.6) is 0 Å². The molecule has 0 aromatic heterocycles. The highest BCUT2D eigenvalue weighted by atomic mass is 28.4. The lowest BCUT2D eigenvalue weighted by Crippen LogP contribution is -2.64. The van der Waals surface area contributed by atoms with Gasteiger partial charge in [0, 0.05) is 55.0 Å². The van der Waals surface area contributed by atoms with Crippen molar-refractivity contribution < 1.29 is 116 Å². The Morgan fingerprint density at radius 1 is 0.310 bits per heavy atom. The molecule has 794 valence electrons. The van der Waals surface area contributed by atoms with Crippen LogP contribution in [-0.4, -0.2) is 300 Å². The van der Waals surface area contributed by atoms with Crippen LogP contribution in [0, 0.1) is 17.8 Å². The summed E-state index contributed by atoms with van der Waals surface area (Å²) in [6.07, 6.45) is -37.6. The van der Waals surface area contributed by atoms with Crippen LogP contribution in [0.3, 0.4) is 0 Å². The van der Waals surface area contributed by atoms with Gasteiger partial charge in [-0.05, 0) is 136 Å². The Morgan fingerprint density at radius 2 is 0.655 bits per heavy atom. The number of rotatable bonds is 47. The van der Waals surface area contributed by atoms with E-state index in [1.807, 2.05) is 160 Å². The number of hydrogen-bond acceptors (Lipinski definition) is 34. The summed E-state index contributed by atoms with van der Waals surface area (Å²) in [5.74, 6) is -0.888. The molecule has 145 heavy (non-hydrogen) atoms. The Labute approximate surface area is 839 Å². The molecule has 8 aliphatic rings. The van der Waals surface area contributed by atoms with Gasteiger partial charge in [0.1, 0.15) is 79.2 Å². The van der Waals surface area contributed by atoms with Crippen molar-refractivity contribution in [3.63, 3.8) is 0 Å². The van der Waals surface area contributed by atoms with E-state index in [1.165, 1.54) is 0 Å². The number of aliphatic hydroxyl groups is 7. The lowest BCUT2D eigenvalue weighted by Gasteiger charge is -2.49. The average molecular weight is 2070 g/mol. The highest BCUT2D eigenvalue weighted by molar-refractivity contribution is 6.78. The largest absolute Gasteiger partial charge is 0.413 e. The molecule has 0 bridgehead atoms. The average Bonchev–Trinajstić information content (AvgIpc) is 1.69. The maximum absolute atomic E-state index is 11.6. The minimum atomic E-state index is -2.58. The van der Waals surface area contributed by atoms with Gasteiger partial charge in [0.2, 0.25) is 0 Å². The van der Waals surface area contributed by atoms with E-state index in [1.54, 1.807) is 0 Å². The molecule has 11 rings (SSSR count). The van der Waals surface area contributed by atoms with Crippen LogP contribution in [0.2, 0.25) is 33.2 Å². The van der Waals surface area contributed by atoms with Gasteiger partial charge in [0.15, 0.2) is 54.4 Å². The predicted molar refractivity (Wildman–Crippen MR) is 522 cm³/mol. The fourth-order valence-corrected chi connectivity index (χ4v) is 32.6. The first-order valence-electron chi connectivity index (χ1n) is 48.8. The molecule has 0 spiro atoms. The van der Waals surface area contributed by atoms with Crippen molar-refractivity contribution in [3.05, 3.63) is 212 Å². The zero-order chi connectivity index (χ0) is 106. The van der Waals surface area contributed by atoms with Gasteiger partial charge in [-0.25, -0.2) is 0 Å². The Bertz CT molecular complexity index is 5060. The predicted octanol–water partition coefficient (Wildman–Crippen LogP) is 16.1. The Morgan fingerprint density at radius 3 is 1.12 bits per heavy atom. The second-order valence-corrected chi connectivity index (χ2v) is 50.1. The molecule has 54 nitrogen and oxygen atoms in total. The van der Waals surface area contributed by atoms with Gasteiger partial charge in [-0.15, -0.1) is 0 Å². The van der Waals surface area contributed by atoms with E-state index in [-0.39, 0.29) is 80.9 Å². The van der Waals surface area contributed by atoms with Crippen LogP contribution in [0.4, 0.5) is 0 Å². The molecule has 8 fully saturated rings. The minimum Gasteiger partial charge on any atom is -0.413 e. The highest BCUT2D eigenvalue weighted by Crippen LogP contribution is 2.49. The molecule has 3 aromatic rings. The molecular formula is C89H136N30O24Si2. The Hall–Kier alpha value is -9.77. The fraction of sp³-hybridized carbons (Fsp3) is 0.798. The van der Waals surface area contributed by atoms with E-state index < -0.39 is 250 Å². The monoisotopic (exact) mass is 2060 g/mol. The van der Waals surface area contributed by atoms with Gasteiger partial charge in [-0.1, -0.05) is 253 Å². The van der Waals surface area contributed by atoms with E-state index in [0.717, 1.165) is 16.7 Å². The van der Waals surface area contributed by atoms with Crippen LogP contribution in [0.25, 0.3) is 104 Å². The smallest absolute Gasteiger partial charge is 0.200 e. The quantitative estimate of drug-likeness (QED) is 0.0119. The van der Waals surface area contributed by atoms with Crippen LogP contribution in [0.15, 0.2) is 142 Å². The highest BCUT2D eigenvalue weighted by Gasteiger charge is 2.61. The molecular weight excluding hydrogens is 1930 g/mol. The van der Waals surface area contributed by atoms with Gasteiger partial charge < -0.3 is 116 Å². The summed E-state index contributed by atoms with van der Waals surface area (Å²) in [5, 5.41) is 116. The first kappa shape index (κ1) is 117. The SMILES string of the molecule is CC(C)[Si](OCC1O[C@H](O[C@@H]2C(N=[N+]=[N-])C[C@@H](N=[N+]=[N-])C(O)[C@H]2O[C@@H]2O[C@H](CO)[C@H](O[C@H]3O[C@@H](CN=[N+]=[N-])[C@@H](O)C(O)C3N=[N+]=[N-])C2O)C(N=[N+]=[N-])[C@@H](O)[C@@H]1O)(C(C)C)C(C)C.CC[C@H]1O[C@@H](O[C@@H]2C(OCc3ccccc3)[C@H](N=[N+]=[N-])CC(N=[N+]=[N-])[C@H]2O[C@H]2OC(CO[Si](C(C)C)(C(C)C)C(C)C)[C@@H](C)[C@H](C)C2N=[N+]=[N-])C(OCc2ccccc2)[C@H]1O[C@H]1O[C@@H](CN=[N+]=[N-])[C@@H](C)C(OCc2ccccc2)C1N=[N+]=[N-]. The Balaban J connectivity index is 0.000000311. The van der Waals surface area contributed by atoms with Gasteiger partial charge in [0.05, 0.1) is 150 Å². The normalized spacial score (nSPS) is 35.7. The van der Waals surface area contributed by atoms with Crippen molar-refractivity contribution in [3.8, 4) is 0 Å². The molecule has 2 aliphatic carbocycles. The van der Waals surface area contributed by atoms with Crippen molar-refractivity contribution in [2.24, 2.45) is 68.9 Å². The summed E-state index contributed by atoms with van der Waals surface area (Å²) in [5.41, 5.74) is 100. The molecule has 0 amide bonds. The number of ether oxygens (including phenoxy) is 15. The minimum absolute atomic E-state index is 0.0354. The van der Waals surface area contributed by atoms with Crippen molar-refractivity contribution >= 4 is 16.6 Å². The van der Waals surface area contributed by atoms with Crippen molar-refractivity contribution in [2.75, 3.05) is 32.9 Å². The molecule has 0 radical (unpaired) electrons. The van der Waals surface area contributed by atoms with Crippen molar-refractivity contribution in [1.29, 1.82) is 0 Å². The van der Waals surface area contributed by atoms with Crippen LogP contribution < -0.4 is 0 Å². The molecule has 7 N–H and O–H groups in total. The first-order chi connectivity index (χ1) is 69.6. The number of nitrogens with zero attached hydrogens (tertiary/aromatic N) is 30. The van der Waals surface area contributed by atoms with Gasteiger partial charge in [0.25, 0.3) is 0 Å². The topological polar surface area (TPSA) is 786 Å². The standard InChI is InChI=1S/C57H81N15O10Si.C32H55N15O14Si/c1-11-44-52(81-56-48(67-72-62)49(38(10)45(78-56)28-63-68-58)73-29-39-21-15-12-16-22-39)54(75-31-41-25-19-14-20-26-41)57(77-44)82-53-50(74-30-40-23-17-13-18-24-40)42(64-69-59)27-43(65-70-60)51(53)80-55-47(66-71-61)37(9)36(8)46(79-55)32-76-83(33(2)3,34(4)5)35(6)7;1-11(2)62(12(3)4,13(5)6)55-10-18-23(51)25(53)20(42-47-37)31(58-18)59-27-15(40-45-35)7-14(39-44-34)21(49)29(27)61-32-26(54)28(17(9-48)57-32)60-30-19(41-46-36)24(52)22(50)16(56-30)8-38-43-33/h12-26,33-38,42-57H,11,27-32H2,1-10H3;11-32,48-54H,7-10H2,1-6H3/t36-,37-,38+,42+,43?,44+,45-,46?,47?,48?,49?,50?,51+,52-,53+,54?,55+,56+,57-;14-,15?,16+,17-,18?,19?,20?,21?,22-,23-,24?,25-,26?,27-,28+,29-,30-,31-,32+/m01/s1. The van der Waals surface area contributed by atoms with Gasteiger partial charge in [-0.2, -0.15) is 0 Å². The van der Waals surface area contributed by atoms with Crippen LogP contribution in [0.1, 0.15) is 147 Å². The molecule has 56 heteroatoms. The third-order valence-electron chi connectivity index (χ3n) is 29.1. The number of benzene rings is 3. The lowest BCUT2D eigenvalue weighted by molar-refractivity contribution is -0.310. The van der Waals surface area contributed by atoms with E-state index in [4.69, 9.17) is 85.4 Å². The molecule has 14 unspecified atom stereocenters. The first-order valence-corrected chi connectivity index (χ1v) is 53.0. The van der Waals surface area contributed by atoms with Crippen LogP contribution >= 0.6 is 0 Å². The second kappa shape index (κ2) is 56.0. The van der Waals surface area contributed by atoms with E-state index in [0.29, 0.717) is 23.0 Å². The summed E-state index contributed by atoms with van der Waals surface area (Å²) < 4.78 is 112. The van der Waals surface area contributed by atoms with E-state index in [2.05, 4.69) is 142 Å². The van der Waals surface area contributed by atoms with Gasteiger partial charge in [-0.3, -0.25) is 0 Å². The summed E-state index contributed by atoms with van der Waals surface area (Å²) >= 11 is 0. The maximum atomic E-state index is 11.6. The number of hydrogen-bond donors (Lipinski definition) is 7. The summed E-state index contributed by atoms with van der Waals surface area (Å²) in [6.45, 7) is 32.3. The number of aliphatic hydroxyl groups excluding tert-OH is 7. The third kappa shape index (κ3) is 28.1. The fourth-order valence-electron chi connectivity index (χ4n) is 21.7. The van der Waals surface area contributed by atoms with E-state index in [9.17, 15) is 85.5 Å². The zero-order valence-corrected chi connectivity index (χ0v) is 85.8. The molecule has 6 heterocycles. The van der Waals surface area contributed by atoms with Crippen molar-refractivity contribution in [2.45, 2.75) is 397 Å². The van der Waals surface area contributed by atoms with Crippen LogP contribution in [-0.2, 0) is 99.7 Å². The molecule has 6 aliphatic heterocycles. The summed E-state index contributed by atoms with van der Waals surface area (Å²) in [6, 6.07) is 18.4.